The summed E-state index contributed by atoms with van der Waals surface area (Å²) in [7, 11) is -3.85. The van der Waals surface area contributed by atoms with Crippen molar-refractivity contribution in [2.45, 2.75) is 45.8 Å². The largest absolute Gasteiger partial charge is 0.494 e. The minimum Gasteiger partial charge on any atom is -0.494 e. The lowest BCUT2D eigenvalue weighted by Crippen LogP contribution is -2.54. The van der Waals surface area contributed by atoms with E-state index in [9.17, 15) is 18.0 Å². The smallest absolute Gasteiger partial charge is 0.244 e. The average molecular weight is 586 g/mol. The highest BCUT2D eigenvalue weighted by Crippen LogP contribution is 2.23. The molecule has 0 aliphatic carbocycles. The molecule has 0 radical (unpaired) electrons. The second-order valence-corrected chi connectivity index (χ2v) is 12.1. The van der Waals surface area contributed by atoms with Crippen molar-refractivity contribution >= 4 is 39.1 Å². The van der Waals surface area contributed by atoms with Crippen molar-refractivity contribution in [2.24, 2.45) is 0 Å². The number of anilines is 1. The van der Waals surface area contributed by atoms with Gasteiger partial charge in [0, 0.05) is 24.0 Å². The Balaban J connectivity index is 2.02. The van der Waals surface area contributed by atoms with Gasteiger partial charge in [0.2, 0.25) is 21.8 Å². The Morgan fingerprint density at radius 2 is 1.55 bits per heavy atom. The average Bonchev–Trinajstić information content (AvgIpc) is 2.90. The number of carbonyl (C=O) groups is 2. The van der Waals surface area contributed by atoms with Crippen LogP contribution in [0.25, 0.3) is 0 Å². The molecule has 0 heterocycles. The van der Waals surface area contributed by atoms with E-state index in [1.54, 1.807) is 48.5 Å². The molecule has 0 bridgehead atoms. The molecule has 3 aromatic carbocycles. The lowest BCUT2D eigenvalue weighted by molar-refractivity contribution is -0.140. The molecular formula is C30H36ClN3O5S. The highest BCUT2D eigenvalue weighted by atomic mass is 35.5. The second-order valence-electron chi connectivity index (χ2n) is 9.71. The molecule has 1 unspecified atom stereocenters. The first-order valence-electron chi connectivity index (χ1n) is 13.1. The van der Waals surface area contributed by atoms with Gasteiger partial charge in [0.15, 0.2) is 0 Å². The Kier molecular flexibility index (Phi) is 11.0. The Morgan fingerprint density at radius 3 is 2.10 bits per heavy atom. The third kappa shape index (κ3) is 8.99. The first-order chi connectivity index (χ1) is 19.0. The number of amides is 2. The lowest BCUT2D eigenvalue weighted by Gasteiger charge is -2.34. The Hall–Kier alpha value is -3.56. The normalized spacial score (nSPS) is 12.1. The quantitative estimate of drug-likeness (QED) is 0.314. The van der Waals surface area contributed by atoms with E-state index in [0.717, 1.165) is 21.7 Å². The molecule has 1 N–H and O–H groups in total. The zero-order valence-corrected chi connectivity index (χ0v) is 24.8. The maximum absolute atomic E-state index is 14.0. The second kappa shape index (κ2) is 14.2. The summed E-state index contributed by atoms with van der Waals surface area (Å²) in [6.07, 6.45) is 1.30. The van der Waals surface area contributed by atoms with Gasteiger partial charge >= 0.3 is 0 Å². The number of benzene rings is 3. The van der Waals surface area contributed by atoms with Gasteiger partial charge < -0.3 is 15.0 Å². The number of nitrogens with one attached hydrogen (secondary N) is 1. The van der Waals surface area contributed by atoms with E-state index in [0.29, 0.717) is 23.1 Å². The molecule has 0 saturated heterocycles. The van der Waals surface area contributed by atoms with Gasteiger partial charge in [-0.1, -0.05) is 54.1 Å². The van der Waals surface area contributed by atoms with E-state index >= 15 is 0 Å². The third-order valence-electron chi connectivity index (χ3n) is 6.08. The molecule has 0 fully saturated rings. The number of hydrogen-bond donors (Lipinski definition) is 1. The van der Waals surface area contributed by atoms with Gasteiger partial charge in [-0.25, -0.2) is 8.42 Å². The standard InChI is InChI=1S/C30H36ClN3O5S/c1-5-39-27-17-15-26(16-18-27)34(40(4,37)38)21-29(35)33(20-24-11-13-25(31)14-12-24)28(30(36)32-22(2)3)19-23-9-7-6-8-10-23/h6-18,22,28H,5,19-21H2,1-4H3,(H,32,36). The summed E-state index contributed by atoms with van der Waals surface area (Å²) in [6, 6.07) is 21.8. The summed E-state index contributed by atoms with van der Waals surface area (Å²) < 4.78 is 32.2. The number of ether oxygens (including phenoxy) is 1. The predicted molar refractivity (Wildman–Crippen MR) is 159 cm³/mol. The topological polar surface area (TPSA) is 96.0 Å². The SMILES string of the molecule is CCOc1ccc(N(CC(=O)N(Cc2ccc(Cl)cc2)C(Cc2ccccc2)C(=O)NC(C)C)S(C)(=O)=O)cc1. The Labute approximate surface area is 241 Å². The van der Waals surface area contributed by atoms with Crippen LogP contribution in [0.5, 0.6) is 5.75 Å². The number of halogens is 1. The van der Waals surface area contributed by atoms with Crippen molar-refractivity contribution in [2.75, 3.05) is 23.7 Å². The van der Waals surface area contributed by atoms with Gasteiger partial charge in [-0.3, -0.25) is 13.9 Å². The van der Waals surface area contributed by atoms with Crippen molar-refractivity contribution < 1.29 is 22.7 Å². The minimum absolute atomic E-state index is 0.0832. The third-order valence-corrected chi connectivity index (χ3v) is 7.48. The van der Waals surface area contributed by atoms with Crippen molar-refractivity contribution in [1.29, 1.82) is 0 Å². The van der Waals surface area contributed by atoms with Gasteiger partial charge in [0.25, 0.3) is 0 Å². The zero-order chi connectivity index (χ0) is 29.3. The zero-order valence-electron chi connectivity index (χ0n) is 23.2. The van der Waals surface area contributed by atoms with Crippen LogP contribution in [-0.4, -0.2) is 56.6 Å². The van der Waals surface area contributed by atoms with E-state index in [1.807, 2.05) is 51.1 Å². The van der Waals surface area contributed by atoms with E-state index in [-0.39, 0.29) is 24.9 Å². The molecule has 2 amide bonds. The first kappa shape index (κ1) is 31.0. The van der Waals surface area contributed by atoms with Crippen LogP contribution in [0.15, 0.2) is 78.9 Å². The molecule has 1 atom stereocenters. The van der Waals surface area contributed by atoms with Gasteiger partial charge in [0.1, 0.15) is 18.3 Å². The van der Waals surface area contributed by atoms with E-state index in [2.05, 4.69) is 5.32 Å². The van der Waals surface area contributed by atoms with Crippen molar-refractivity contribution in [3.05, 3.63) is 95.0 Å². The molecule has 10 heteroatoms. The molecule has 0 spiro atoms. The molecule has 0 aromatic heterocycles. The molecule has 8 nitrogen and oxygen atoms in total. The fraction of sp³-hybridized carbons (Fsp3) is 0.333. The highest BCUT2D eigenvalue weighted by molar-refractivity contribution is 7.92. The van der Waals surface area contributed by atoms with E-state index in [1.165, 1.54) is 4.90 Å². The molecule has 214 valence electrons. The summed E-state index contributed by atoms with van der Waals surface area (Å²) in [4.78, 5) is 29.0. The summed E-state index contributed by atoms with van der Waals surface area (Å²) >= 11 is 6.08. The molecular weight excluding hydrogens is 550 g/mol. The molecule has 40 heavy (non-hydrogen) atoms. The van der Waals surface area contributed by atoms with E-state index < -0.39 is 28.5 Å². The first-order valence-corrected chi connectivity index (χ1v) is 15.3. The Morgan fingerprint density at radius 1 is 0.925 bits per heavy atom. The van der Waals surface area contributed by atoms with Crippen LogP contribution in [0, 0.1) is 0 Å². The van der Waals surface area contributed by atoms with Gasteiger partial charge in [0.05, 0.1) is 18.6 Å². The van der Waals surface area contributed by atoms with Gasteiger partial charge in [-0.05, 0) is 68.3 Å². The number of rotatable bonds is 13. The number of nitrogens with zero attached hydrogens (tertiary/aromatic N) is 2. The molecule has 0 saturated carbocycles. The maximum atomic E-state index is 14.0. The molecule has 3 rings (SSSR count). The minimum atomic E-state index is -3.85. The summed E-state index contributed by atoms with van der Waals surface area (Å²) in [5.74, 6) is -0.258. The van der Waals surface area contributed by atoms with Crippen LogP contribution in [0.1, 0.15) is 31.9 Å². The van der Waals surface area contributed by atoms with Crippen LogP contribution in [0.2, 0.25) is 5.02 Å². The summed E-state index contributed by atoms with van der Waals surface area (Å²) in [5, 5.41) is 3.47. The Bertz CT molecular complexity index is 1360. The fourth-order valence-corrected chi connectivity index (χ4v) is 5.19. The number of carbonyl (C=O) groups excluding carboxylic acids is 2. The maximum Gasteiger partial charge on any atom is 0.244 e. The summed E-state index contributed by atoms with van der Waals surface area (Å²) in [5.41, 5.74) is 1.93. The number of hydrogen-bond acceptors (Lipinski definition) is 5. The van der Waals surface area contributed by atoms with Crippen LogP contribution in [-0.2, 0) is 32.6 Å². The lowest BCUT2D eigenvalue weighted by atomic mass is 10.0. The van der Waals surface area contributed by atoms with Crippen molar-refractivity contribution in [1.82, 2.24) is 10.2 Å². The highest BCUT2D eigenvalue weighted by Gasteiger charge is 2.33. The number of sulfonamides is 1. The van der Waals surface area contributed by atoms with Crippen LogP contribution in [0.4, 0.5) is 5.69 Å². The molecule has 0 aliphatic heterocycles. The van der Waals surface area contributed by atoms with Crippen LogP contribution < -0.4 is 14.4 Å². The fourth-order valence-electron chi connectivity index (χ4n) is 4.21. The van der Waals surface area contributed by atoms with Crippen LogP contribution >= 0.6 is 11.6 Å². The van der Waals surface area contributed by atoms with Crippen molar-refractivity contribution in [3.8, 4) is 5.75 Å². The van der Waals surface area contributed by atoms with Crippen LogP contribution in [0.3, 0.4) is 0 Å². The summed E-state index contributed by atoms with van der Waals surface area (Å²) in [6.45, 7) is 5.61. The monoisotopic (exact) mass is 585 g/mol. The molecule has 0 aliphatic rings. The van der Waals surface area contributed by atoms with Gasteiger partial charge in [-0.2, -0.15) is 0 Å². The molecule has 3 aromatic rings. The van der Waals surface area contributed by atoms with E-state index in [4.69, 9.17) is 16.3 Å². The van der Waals surface area contributed by atoms with Crippen molar-refractivity contribution in [3.63, 3.8) is 0 Å². The predicted octanol–water partition coefficient (Wildman–Crippen LogP) is 4.67. The van der Waals surface area contributed by atoms with Gasteiger partial charge in [-0.15, -0.1) is 0 Å².